The van der Waals surface area contributed by atoms with E-state index in [1.165, 1.54) is 0 Å². The van der Waals surface area contributed by atoms with Gasteiger partial charge in [-0.15, -0.1) is 0 Å². The maximum atomic E-state index is 10.9. The first kappa shape index (κ1) is 8.35. The molecule has 1 unspecified atom stereocenters. The summed E-state index contributed by atoms with van der Waals surface area (Å²) in [6.45, 7) is 2.61. The molecule has 0 spiro atoms. The smallest absolute Gasteiger partial charge is 0.407 e. The van der Waals surface area contributed by atoms with E-state index in [2.05, 4.69) is 24.4 Å². The van der Waals surface area contributed by atoms with Gasteiger partial charge in [0.15, 0.2) is 0 Å². The molecule has 1 N–H and O–H groups in total. The minimum atomic E-state index is -0.297. The van der Waals surface area contributed by atoms with E-state index < -0.39 is 0 Å². The van der Waals surface area contributed by atoms with Gasteiger partial charge in [0, 0.05) is 5.41 Å². The van der Waals surface area contributed by atoms with Crippen LogP contribution < -0.4 is 5.32 Å². The lowest BCUT2D eigenvalue weighted by Gasteiger charge is -2.31. The topological polar surface area (TPSA) is 38.3 Å². The minimum Gasteiger partial charge on any atom is -0.447 e. The lowest BCUT2D eigenvalue weighted by atomic mass is 9.77. The summed E-state index contributed by atoms with van der Waals surface area (Å²) in [7, 11) is 0. The average molecular weight is 179 g/mol. The molecule has 3 nitrogen and oxygen atoms in total. The Hall–Kier alpha value is -1.25. The largest absolute Gasteiger partial charge is 0.447 e. The van der Waals surface area contributed by atoms with Gasteiger partial charge < -0.3 is 10.1 Å². The number of carbonyl (C=O) groups is 1. The molecule has 2 atom stereocenters. The van der Waals surface area contributed by atoms with E-state index in [0.717, 1.165) is 6.42 Å². The molecular formula is C10H13NO2. The Labute approximate surface area is 77.5 Å². The zero-order valence-electron chi connectivity index (χ0n) is 7.62. The van der Waals surface area contributed by atoms with Gasteiger partial charge in [-0.3, -0.25) is 0 Å². The van der Waals surface area contributed by atoms with Gasteiger partial charge in [0.1, 0.15) is 6.61 Å². The van der Waals surface area contributed by atoms with Crippen molar-refractivity contribution < 1.29 is 9.53 Å². The summed E-state index contributed by atoms with van der Waals surface area (Å²) in [6, 6.07) is 0.112. The lowest BCUT2D eigenvalue weighted by Crippen LogP contribution is -2.41. The molecule has 1 fully saturated rings. The number of amides is 1. The van der Waals surface area contributed by atoms with Crippen LogP contribution in [0.4, 0.5) is 4.79 Å². The zero-order valence-corrected chi connectivity index (χ0v) is 7.62. The zero-order chi connectivity index (χ0) is 9.31. The number of alkyl carbamates (subject to hydrolysis) is 1. The van der Waals surface area contributed by atoms with Crippen LogP contribution in [-0.2, 0) is 4.74 Å². The fourth-order valence-corrected chi connectivity index (χ4v) is 1.74. The van der Waals surface area contributed by atoms with Crippen molar-refractivity contribution in [3.8, 4) is 0 Å². The number of ether oxygens (including phenoxy) is 1. The quantitative estimate of drug-likeness (QED) is 0.664. The molecular weight excluding hydrogens is 166 g/mol. The van der Waals surface area contributed by atoms with Crippen LogP contribution in [0.25, 0.3) is 0 Å². The van der Waals surface area contributed by atoms with Gasteiger partial charge in [-0.1, -0.05) is 31.2 Å². The van der Waals surface area contributed by atoms with Crippen molar-refractivity contribution in [1.29, 1.82) is 0 Å². The van der Waals surface area contributed by atoms with Gasteiger partial charge in [0.05, 0.1) is 6.04 Å². The predicted molar refractivity (Wildman–Crippen MR) is 49.3 cm³/mol. The number of allylic oxidation sites excluding steroid dienone is 3. The molecule has 0 aromatic heterocycles. The number of hydrogen-bond donors (Lipinski definition) is 1. The fourth-order valence-electron chi connectivity index (χ4n) is 1.74. The maximum absolute atomic E-state index is 10.9. The maximum Gasteiger partial charge on any atom is 0.407 e. The van der Waals surface area contributed by atoms with Crippen molar-refractivity contribution in [2.45, 2.75) is 19.4 Å². The molecule has 3 heteroatoms. The van der Waals surface area contributed by atoms with Crippen molar-refractivity contribution in [3.05, 3.63) is 24.3 Å². The van der Waals surface area contributed by atoms with Crippen LogP contribution in [0, 0.1) is 5.41 Å². The Balaban J connectivity index is 2.11. The van der Waals surface area contributed by atoms with Gasteiger partial charge in [-0.2, -0.15) is 0 Å². The predicted octanol–water partition coefficient (Wildman–Crippen LogP) is 1.62. The third-order valence-corrected chi connectivity index (χ3v) is 2.75. The van der Waals surface area contributed by atoms with E-state index in [9.17, 15) is 4.79 Å². The SMILES string of the molecule is CC1([C@H]2COC(=O)N2)C=CC=CC1. The van der Waals surface area contributed by atoms with Gasteiger partial charge in [0.25, 0.3) is 0 Å². The van der Waals surface area contributed by atoms with E-state index in [-0.39, 0.29) is 17.6 Å². The van der Waals surface area contributed by atoms with Gasteiger partial charge in [-0.05, 0) is 6.42 Å². The van der Waals surface area contributed by atoms with Crippen molar-refractivity contribution in [3.63, 3.8) is 0 Å². The molecule has 1 aliphatic carbocycles. The Kier molecular flexibility index (Phi) is 1.87. The molecule has 0 radical (unpaired) electrons. The molecule has 0 bridgehead atoms. The fraction of sp³-hybridized carbons (Fsp3) is 0.500. The second-order valence-corrected chi connectivity index (χ2v) is 3.79. The van der Waals surface area contributed by atoms with Gasteiger partial charge in [-0.25, -0.2) is 4.79 Å². The number of rotatable bonds is 1. The first-order valence-electron chi connectivity index (χ1n) is 4.48. The normalized spacial score (nSPS) is 37.3. The molecule has 70 valence electrons. The second kappa shape index (κ2) is 2.91. The molecule has 2 aliphatic rings. The summed E-state index contributed by atoms with van der Waals surface area (Å²) in [6.07, 6.45) is 8.96. The Morgan fingerprint density at radius 2 is 2.46 bits per heavy atom. The first-order chi connectivity index (χ1) is 6.21. The van der Waals surface area contributed by atoms with Crippen LogP contribution >= 0.6 is 0 Å². The summed E-state index contributed by atoms with van der Waals surface area (Å²) in [5, 5.41) is 2.82. The summed E-state index contributed by atoms with van der Waals surface area (Å²) in [4.78, 5) is 10.9. The molecule has 0 saturated carbocycles. The van der Waals surface area contributed by atoms with E-state index >= 15 is 0 Å². The highest BCUT2D eigenvalue weighted by Gasteiger charge is 2.37. The monoisotopic (exact) mass is 179 g/mol. The van der Waals surface area contributed by atoms with Gasteiger partial charge in [0.2, 0.25) is 0 Å². The highest BCUT2D eigenvalue weighted by atomic mass is 16.6. The minimum absolute atomic E-state index is 0.0148. The van der Waals surface area contributed by atoms with Gasteiger partial charge >= 0.3 is 6.09 Å². The summed E-state index contributed by atoms with van der Waals surface area (Å²) in [5.41, 5.74) is 0.0148. The highest BCUT2D eigenvalue weighted by Crippen LogP contribution is 2.32. The third-order valence-electron chi connectivity index (χ3n) is 2.75. The van der Waals surface area contributed by atoms with E-state index in [4.69, 9.17) is 4.74 Å². The van der Waals surface area contributed by atoms with E-state index in [0.29, 0.717) is 6.61 Å². The Bertz CT molecular complexity index is 283. The van der Waals surface area contributed by atoms with E-state index in [1.54, 1.807) is 0 Å². The van der Waals surface area contributed by atoms with Crippen LogP contribution in [0.15, 0.2) is 24.3 Å². The van der Waals surface area contributed by atoms with E-state index in [1.807, 2.05) is 12.2 Å². The molecule has 0 aromatic carbocycles. The third kappa shape index (κ3) is 1.46. The molecule has 2 rings (SSSR count). The number of nitrogens with one attached hydrogen (secondary N) is 1. The number of hydrogen-bond acceptors (Lipinski definition) is 2. The molecule has 1 amide bonds. The summed E-state index contributed by atoms with van der Waals surface area (Å²) in [5.74, 6) is 0. The number of cyclic esters (lactones) is 1. The van der Waals surface area contributed by atoms with Crippen molar-refractivity contribution in [1.82, 2.24) is 5.32 Å². The average Bonchev–Trinajstić information content (AvgIpc) is 2.54. The second-order valence-electron chi connectivity index (χ2n) is 3.79. The van der Waals surface area contributed by atoms with Crippen LogP contribution in [-0.4, -0.2) is 18.7 Å². The first-order valence-corrected chi connectivity index (χ1v) is 4.48. The standard InChI is InChI=1S/C10H13NO2/c1-10(5-3-2-4-6-10)8-7-13-9(12)11-8/h2-5,8H,6-7H2,1H3,(H,11,12)/t8-,10?/m1/s1. The van der Waals surface area contributed by atoms with Crippen LogP contribution in [0.1, 0.15) is 13.3 Å². The summed E-state index contributed by atoms with van der Waals surface area (Å²) < 4.78 is 4.88. The molecule has 1 saturated heterocycles. The van der Waals surface area contributed by atoms with Crippen LogP contribution in [0.5, 0.6) is 0 Å². The molecule has 13 heavy (non-hydrogen) atoms. The van der Waals surface area contributed by atoms with Crippen molar-refractivity contribution in [2.24, 2.45) is 5.41 Å². The molecule has 0 aromatic rings. The number of carbonyl (C=O) groups excluding carboxylic acids is 1. The van der Waals surface area contributed by atoms with Crippen LogP contribution in [0.3, 0.4) is 0 Å². The van der Waals surface area contributed by atoms with Crippen molar-refractivity contribution in [2.75, 3.05) is 6.61 Å². The summed E-state index contributed by atoms with van der Waals surface area (Å²) >= 11 is 0. The molecule has 1 aliphatic heterocycles. The lowest BCUT2D eigenvalue weighted by molar-refractivity contribution is 0.172. The highest BCUT2D eigenvalue weighted by molar-refractivity contribution is 5.69. The van der Waals surface area contributed by atoms with Crippen molar-refractivity contribution >= 4 is 6.09 Å². The Morgan fingerprint density at radius 3 is 3.00 bits per heavy atom. The molecule has 1 heterocycles. The Morgan fingerprint density at radius 1 is 1.62 bits per heavy atom. The van der Waals surface area contributed by atoms with Crippen LogP contribution in [0.2, 0.25) is 0 Å².